The van der Waals surface area contributed by atoms with Crippen LogP contribution in [0, 0.1) is 6.92 Å². The molecule has 0 radical (unpaired) electrons. The predicted octanol–water partition coefficient (Wildman–Crippen LogP) is 4.14. The van der Waals surface area contributed by atoms with Gasteiger partial charge in [-0.15, -0.1) is 0 Å². The Bertz CT molecular complexity index is 684. The number of nitrogens with two attached hydrogens (primary N) is 1. The SMILES string of the molecule is C=C(CN(CCCCN)C(C)c1ccccn1)N(C)c1ccccc1C. The van der Waals surface area contributed by atoms with E-state index in [9.17, 15) is 0 Å². The van der Waals surface area contributed by atoms with Crippen LogP contribution >= 0.6 is 0 Å². The fourth-order valence-electron chi connectivity index (χ4n) is 3.13. The zero-order valence-electron chi connectivity index (χ0n) is 16.4. The third-order valence-electron chi connectivity index (χ3n) is 4.90. The molecule has 1 heterocycles. The molecule has 0 amide bonds. The van der Waals surface area contributed by atoms with Crippen molar-refractivity contribution in [2.24, 2.45) is 5.73 Å². The number of likely N-dealkylation sites (N-methyl/N-ethyl adjacent to an activating group) is 1. The van der Waals surface area contributed by atoms with E-state index in [0.29, 0.717) is 0 Å². The predicted molar refractivity (Wildman–Crippen MR) is 111 cm³/mol. The number of pyridine rings is 1. The first-order chi connectivity index (χ1) is 12.5. The molecule has 0 fully saturated rings. The summed E-state index contributed by atoms with van der Waals surface area (Å²) in [6.07, 6.45) is 3.97. The van der Waals surface area contributed by atoms with Crippen molar-refractivity contribution in [3.63, 3.8) is 0 Å². The zero-order valence-corrected chi connectivity index (χ0v) is 16.4. The van der Waals surface area contributed by atoms with Crippen LogP contribution in [0.25, 0.3) is 0 Å². The van der Waals surface area contributed by atoms with Crippen LogP contribution in [0.2, 0.25) is 0 Å². The molecule has 1 aromatic carbocycles. The molecule has 140 valence electrons. The van der Waals surface area contributed by atoms with E-state index < -0.39 is 0 Å². The summed E-state index contributed by atoms with van der Waals surface area (Å²) in [5, 5.41) is 0. The molecule has 0 aliphatic rings. The highest BCUT2D eigenvalue weighted by atomic mass is 15.2. The van der Waals surface area contributed by atoms with Crippen LogP contribution in [0.3, 0.4) is 0 Å². The Morgan fingerprint density at radius 3 is 2.54 bits per heavy atom. The maximum atomic E-state index is 5.69. The van der Waals surface area contributed by atoms with Crippen LogP contribution in [-0.4, -0.2) is 36.6 Å². The number of nitrogens with zero attached hydrogens (tertiary/aromatic N) is 3. The van der Waals surface area contributed by atoms with E-state index in [4.69, 9.17) is 5.73 Å². The van der Waals surface area contributed by atoms with E-state index in [1.54, 1.807) is 0 Å². The number of unbranched alkanes of at least 4 members (excludes halogenated alkanes) is 1. The minimum Gasteiger partial charge on any atom is -0.347 e. The standard InChI is InChI=1S/C22H32N4/c1-18-11-5-6-13-22(18)25(4)19(2)17-26(16-10-8-14-23)20(3)21-12-7-9-15-24-21/h5-7,9,11-13,15,20H,2,8,10,14,16-17,23H2,1,3-4H3. The summed E-state index contributed by atoms with van der Waals surface area (Å²) in [6.45, 7) is 11.2. The Kier molecular flexibility index (Phi) is 7.82. The molecule has 4 nitrogen and oxygen atoms in total. The average molecular weight is 353 g/mol. The lowest BCUT2D eigenvalue weighted by Crippen LogP contribution is -2.34. The van der Waals surface area contributed by atoms with Gasteiger partial charge in [0.2, 0.25) is 0 Å². The van der Waals surface area contributed by atoms with Crippen LogP contribution in [0.4, 0.5) is 5.69 Å². The average Bonchev–Trinajstić information content (AvgIpc) is 2.67. The van der Waals surface area contributed by atoms with Crippen molar-refractivity contribution in [1.29, 1.82) is 0 Å². The molecule has 2 N–H and O–H groups in total. The first-order valence-electron chi connectivity index (χ1n) is 9.36. The normalized spacial score (nSPS) is 12.2. The largest absolute Gasteiger partial charge is 0.347 e. The van der Waals surface area contributed by atoms with Crippen molar-refractivity contribution in [2.75, 3.05) is 31.6 Å². The number of hydrogen-bond donors (Lipinski definition) is 1. The number of hydrogen-bond acceptors (Lipinski definition) is 4. The van der Waals surface area contributed by atoms with Gasteiger partial charge in [0.1, 0.15) is 0 Å². The van der Waals surface area contributed by atoms with Gasteiger partial charge in [0, 0.05) is 37.2 Å². The van der Waals surface area contributed by atoms with E-state index in [-0.39, 0.29) is 6.04 Å². The van der Waals surface area contributed by atoms with Gasteiger partial charge in [0.25, 0.3) is 0 Å². The Hall–Kier alpha value is -2.17. The molecule has 1 aromatic heterocycles. The van der Waals surface area contributed by atoms with Crippen molar-refractivity contribution in [2.45, 2.75) is 32.7 Å². The smallest absolute Gasteiger partial charge is 0.0572 e. The van der Waals surface area contributed by atoms with Crippen LogP contribution in [0.15, 0.2) is 60.9 Å². The second-order valence-corrected chi connectivity index (χ2v) is 6.81. The molecule has 0 spiro atoms. The Morgan fingerprint density at radius 1 is 1.15 bits per heavy atom. The summed E-state index contributed by atoms with van der Waals surface area (Å²) >= 11 is 0. The van der Waals surface area contributed by atoms with Crippen LogP contribution in [0.5, 0.6) is 0 Å². The third-order valence-corrected chi connectivity index (χ3v) is 4.90. The number of anilines is 1. The van der Waals surface area contributed by atoms with Crippen LogP contribution < -0.4 is 10.6 Å². The maximum absolute atomic E-state index is 5.69. The minimum atomic E-state index is 0.232. The molecular formula is C22H32N4. The molecule has 4 heteroatoms. The first kappa shape index (κ1) is 20.1. The highest BCUT2D eigenvalue weighted by Crippen LogP contribution is 2.24. The lowest BCUT2D eigenvalue weighted by molar-refractivity contribution is 0.220. The molecule has 2 rings (SSSR count). The van der Waals surface area contributed by atoms with Gasteiger partial charge in [-0.2, -0.15) is 0 Å². The summed E-state index contributed by atoms with van der Waals surface area (Å²) in [5.41, 5.74) is 10.3. The Labute approximate surface area is 158 Å². The van der Waals surface area contributed by atoms with Crippen LogP contribution in [0.1, 0.15) is 37.1 Å². The van der Waals surface area contributed by atoms with Crippen molar-refractivity contribution < 1.29 is 0 Å². The monoisotopic (exact) mass is 352 g/mol. The highest BCUT2D eigenvalue weighted by Gasteiger charge is 2.19. The molecule has 1 unspecified atom stereocenters. The second-order valence-electron chi connectivity index (χ2n) is 6.81. The molecule has 26 heavy (non-hydrogen) atoms. The van der Waals surface area contributed by atoms with Gasteiger partial charge in [-0.05, 0) is 63.5 Å². The number of aryl methyl sites for hydroxylation is 1. The molecule has 2 aromatic rings. The van der Waals surface area contributed by atoms with Gasteiger partial charge >= 0.3 is 0 Å². The van der Waals surface area contributed by atoms with E-state index in [1.165, 1.54) is 11.3 Å². The fourth-order valence-corrected chi connectivity index (χ4v) is 3.13. The van der Waals surface area contributed by atoms with E-state index in [0.717, 1.165) is 43.9 Å². The molecular weight excluding hydrogens is 320 g/mol. The Balaban J connectivity index is 2.12. The number of rotatable bonds is 10. The minimum absolute atomic E-state index is 0.232. The summed E-state index contributed by atoms with van der Waals surface area (Å²) in [6, 6.07) is 14.7. The Morgan fingerprint density at radius 2 is 1.88 bits per heavy atom. The molecule has 0 bridgehead atoms. The van der Waals surface area contributed by atoms with E-state index >= 15 is 0 Å². The van der Waals surface area contributed by atoms with E-state index in [2.05, 4.69) is 72.6 Å². The third kappa shape index (κ3) is 5.41. The lowest BCUT2D eigenvalue weighted by Gasteiger charge is -2.33. The fraction of sp³-hybridized carbons (Fsp3) is 0.409. The van der Waals surface area contributed by atoms with Crippen LogP contribution in [-0.2, 0) is 0 Å². The summed E-state index contributed by atoms with van der Waals surface area (Å²) in [7, 11) is 2.09. The number of para-hydroxylation sites is 1. The molecule has 0 saturated heterocycles. The quantitative estimate of drug-likeness (QED) is 0.653. The van der Waals surface area contributed by atoms with Gasteiger partial charge in [-0.1, -0.05) is 30.8 Å². The molecule has 0 saturated carbocycles. The maximum Gasteiger partial charge on any atom is 0.0572 e. The first-order valence-corrected chi connectivity index (χ1v) is 9.36. The van der Waals surface area contributed by atoms with Gasteiger partial charge in [0.15, 0.2) is 0 Å². The topological polar surface area (TPSA) is 45.4 Å². The molecule has 1 atom stereocenters. The summed E-state index contributed by atoms with van der Waals surface area (Å²) in [5.74, 6) is 0. The molecule has 0 aliphatic carbocycles. The second kappa shape index (κ2) is 10.1. The molecule has 0 aliphatic heterocycles. The van der Waals surface area contributed by atoms with Crippen molar-refractivity contribution in [1.82, 2.24) is 9.88 Å². The lowest BCUT2D eigenvalue weighted by atomic mass is 10.1. The van der Waals surface area contributed by atoms with E-state index in [1.807, 2.05) is 18.3 Å². The van der Waals surface area contributed by atoms with Crippen molar-refractivity contribution in [3.05, 3.63) is 72.2 Å². The summed E-state index contributed by atoms with van der Waals surface area (Å²) < 4.78 is 0. The highest BCUT2D eigenvalue weighted by molar-refractivity contribution is 5.56. The zero-order chi connectivity index (χ0) is 18.9. The van der Waals surface area contributed by atoms with Gasteiger partial charge in [0.05, 0.1) is 5.69 Å². The van der Waals surface area contributed by atoms with Crippen molar-refractivity contribution in [3.8, 4) is 0 Å². The van der Waals surface area contributed by atoms with Gasteiger partial charge < -0.3 is 10.6 Å². The number of aromatic nitrogens is 1. The van der Waals surface area contributed by atoms with Crippen molar-refractivity contribution >= 4 is 5.69 Å². The number of benzene rings is 1. The van der Waals surface area contributed by atoms with Gasteiger partial charge in [-0.3, -0.25) is 9.88 Å². The van der Waals surface area contributed by atoms with Gasteiger partial charge in [-0.25, -0.2) is 0 Å². The summed E-state index contributed by atoms with van der Waals surface area (Å²) in [4.78, 5) is 9.17.